The van der Waals surface area contributed by atoms with Gasteiger partial charge < -0.3 is 9.80 Å². The Morgan fingerprint density at radius 1 is 0.317 bits per heavy atom. The Morgan fingerprint density at radius 3 is 1.45 bits per heavy atom. The van der Waals surface area contributed by atoms with E-state index >= 15 is 0 Å². The second-order valence-electron chi connectivity index (χ2n) is 16.0. The summed E-state index contributed by atoms with van der Waals surface area (Å²) < 4.78 is 0. The molecular weight excluding hydrogens is 725 g/mol. The fraction of sp³-hybridized carbons (Fsp3) is 0.103. The first kappa shape index (κ1) is 37.1. The number of nitrogens with zero attached hydrogens (tertiary/aromatic N) is 2. The summed E-state index contributed by atoms with van der Waals surface area (Å²) in [7, 11) is 0. The van der Waals surface area contributed by atoms with E-state index in [1.165, 1.54) is 87.5 Å². The minimum absolute atomic E-state index is 0.695. The summed E-state index contributed by atoms with van der Waals surface area (Å²) in [6.45, 7) is 0. The van der Waals surface area contributed by atoms with Crippen LogP contribution in [0.1, 0.15) is 43.6 Å². The zero-order chi connectivity index (χ0) is 40.1. The van der Waals surface area contributed by atoms with Gasteiger partial charge in [0.25, 0.3) is 0 Å². The fourth-order valence-corrected chi connectivity index (χ4v) is 9.20. The van der Waals surface area contributed by atoms with Crippen molar-refractivity contribution in [1.29, 1.82) is 0 Å². The zero-order valence-electron chi connectivity index (χ0n) is 33.9. The summed E-state index contributed by atoms with van der Waals surface area (Å²) in [5.74, 6) is 0.695. The lowest BCUT2D eigenvalue weighted by Crippen LogP contribution is -2.11. The number of benzene rings is 9. The van der Waals surface area contributed by atoms with Crippen molar-refractivity contribution in [3.05, 3.63) is 230 Å². The van der Waals surface area contributed by atoms with Gasteiger partial charge in [0.1, 0.15) is 0 Å². The summed E-state index contributed by atoms with van der Waals surface area (Å²) in [5, 5.41) is 2.46. The van der Waals surface area contributed by atoms with Crippen LogP contribution in [0.4, 0.5) is 34.1 Å². The molecule has 0 unspecified atom stereocenters. The molecule has 0 N–H and O–H groups in total. The number of para-hydroxylation sites is 2. The molecule has 60 heavy (non-hydrogen) atoms. The maximum absolute atomic E-state index is 2.40. The largest absolute Gasteiger partial charge is 0.311 e. The fourth-order valence-electron chi connectivity index (χ4n) is 9.20. The molecule has 1 aliphatic carbocycles. The Morgan fingerprint density at radius 2 is 0.800 bits per heavy atom. The van der Waals surface area contributed by atoms with Crippen molar-refractivity contribution in [3.8, 4) is 33.4 Å². The minimum atomic E-state index is 0.695. The molecule has 0 spiro atoms. The molecule has 0 amide bonds. The van der Waals surface area contributed by atoms with Crippen LogP contribution in [0, 0.1) is 0 Å². The van der Waals surface area contributed by atoms with E-state index in [-0.39, 0.29) is 0 Å². The van der Waals surface area contributed by atoms with E-state index in [4.69, 9.17) is 0 Å². The summed E-state index contributed by atoms with van der Waals surface area (Å²) >= 11 is 0. The van der Waals surface area contributed by atoms with Crippen molar-refractivity contribution >= 4 is 44.9 Å². The lowest BCUT2D eigenvalue weighted by Gasteiger charge is -2.29. The predicted octanol–water partition coefficient (Wildman–Crippen LogP) is 16.8. The van der Waals surface area contributed by atoms with E-state index in [1.54, 1.807) is 0 Å². The number of fused-ring (bicyclic) bond motifs is 1. The van der Waals surface area contributed by atoms with Gasteiger partial charge in [0.05, 0.1) is 5.69 Å². The van der Waals surface area contributed by atoms with Crippen LogP contribution in [0.25, 0.3) is 44.2 Å². The normalized spacial score (nSPS) is 12.9. The molecule has 290 valence electrons. The summed E-state index contributed by atoms with van der Waals surface area (Å²) in [6.07, 6.45) is 6.70. The van der Waals surface area contributed by atoms with Gasteiger partial charge in [-0.3, -0.25) is 0 Å². The number of rotatable bonds is 10. The van der Waals surface area contributed by atoms with Crippen LogP contribution in [0.15, 0.2) is 224 Å². The highest BCUT2D eigenvalue weighted by Gasteiger charge is 2.21. The molecule has 9 aromatic rings. The molecule has 1 saturated carbocycles. The number of hydrogen-bond acceptors (Lipinski definition) is 2. The van der Waals surface area contributed by atoms with Gasteiger partial charge in [0, 0.05) is 34.0 Å². The molecule has 0 aromatic heterocycles. The molecule has 0 bridgehead atoms. The molecule has 2 nitrogen and oxygen atoms in total. The molecular formula is C58H48N2. The molecule has 0 heterocycles. The van der Waals surface area contributed by atoms with Gasteiger partial charge in [-0.05, 0) is 130 Å². The molecule has 0 aliphatic heterocycles. The Bertz CT molecular complexity index is 2810. The SMILES string of the molecule is c1ccc(-c2c(N(c3ccccc3)c3cccc(-c4ccc(-c5ccc(N(c6ccccc6)c6ccc(C7CCCCC7)cc6)cc5)cc4)c3)ccc3ccccc23)cc1. The number of anilines is 6. The standard InChI is InChI=1S/C58H48N2/c1-5-16-43(17-6-1)45-32-37-53(38-33-45)59(51-22-9-3-10-23-51)54-39-34-46(35-40-54)44-28-30-47(31-29-44)50-21-15-26-55(42-50)60(52-24-11-4-12-25-52)57-41-36-48-18-13-14-27-56(48)58(57)49-19-7-2-8-20-49/h2-4,7-15,18-43H,1,5-6,16-17H2. The highest BCUT2D eigenvalue weighted by Crippen LogP contribution is 2.45. The van der Waals surface area contributed by atoms with Crippen molar-refractivity contribution in [2.24, 2.45) is 0 Å². The van der Waals surface area contributed by atoms with Crippen LogP contribution in [-0.2, 0) is 0 Å². The Hall–Kier alpha value is -7.16. The van der Waals surface area contributed by atoms with Gasteiger partial charge in [-0.15, -0.1) is 0 Å². The Kier molecular flexibility index (Phi) is 10.5. The Labute approximate surface area is 354 Å². The molecule has 9 aromatic carbocycles. The Balaban J connectivity index is 0.956. The van der Waals surface area contributed by atoms with E-state index in [0.29, 0.717) is 5.92 Å². The van der Waals surface area contributed by atoms with Gasteiger partial charge in [0.2, 0.25) is 0 Å². The van der Waals surface area contributed by atoms with Crippen molar-refractivity contribution in [1.82, 2.24) is 0 Å². The highest BCUT2D eigenvalue weighted by atomic mass is 15.1. The molecule has 0 radical (unpaired) electrons. The highest BCUT2D eigenvalue weighted by molar-refractivity contribution is 6.05. The van der Waals surface area contributed by atoms with Crippen LogP contribution in [0.3, 0.4) is 0 Å². The van der Waals surface area contributed by atoms with Crippen molar-refractivity contribution in [3.63, 3.8) is 0 Å². The summed E-state index contributed by atoms with van der Waals surface area (Å²) in [5.41, 5.74) is 15.5. The van der Waals surface area contributed by atoms with Gasteiger partial charge in [-0.1, -0.05) is 177 Å². The number of hydrogen-bond donors (Lipinski definition) is 0. The first-order chi connectivity index (χ1) is 29.8. The first-order valence-corrected chi connectivity index (χ1v) is 21.5. The molecule has 1 aliphatic rings. The van der Waals surface area contributed by atoms with Crippen LogP contribution in [0.5, 0.6) is 0 Å². The maximum Gasteiger partial charge on any atom is 0.0546 e. The van der Waals surface area contributed by atoms with Crippen LogP contribution in [0.2, 0.25) is 0 Å². The van der Waals surface area contributed by atoms with Crippen molar-refractivity contribution in [2.75, 3.05) is 9.80 Å². The van der Waals surface area contributed by atoms with E-state index in [9.17, 15) is 0 Å². The van der Waals surface area contributed by atoms with Crippen molar-refractivity contribution < 1.29 is 0 Å². The zero-order valence-corrected chi connectivity index (χ0v) is 33.9. The first-order valence-electron chi connectivity index (χ1n) is 21.5. The van der Waals surface area contributed by atoms with Crippen LogP contribution in [-0.4, -0.2) is 0 Å². The smallest absolute Gasteiger partial charge is 0.0546 e. The topological polar surface area (TPSA) is 6.48 Å². The molecule has 0 atom stereocenters. The van der Waals surface area contributed by atoms with Gasteiger partial charge in [0.15, 0.2) is 0 Å². The maximum atomic E-state index is 2.40. The molecule has 0 saturated heterocycles. The van der Waals surface area contributed by atoms with E-state index in [2.05, 4.69) is 234 Å². The second kappa shape index (κ2) is 17.0. The van der Waals surface area contributed by atoms with E-state index < -0.39 is 0 Å². The quantitative estimate of drug-likeness (QED) is 0.137. The molecule has 2 heteroatoms. The van der Waals surface area contributed by atoms with E-state index in [1.807, 2.05) is 0 Å². The van der Waals surface area contributed by atoms with Crippen LogP contribution < -0.4 is 9.80 Å². The average Bonchev–Trinajstić information content (AvgIpc) is 3.33. The lowest BCUT2D eigenvalue weighted by molar-refractivity contribution is 0.443. The minimum Gasteiger partial charge on any atom is -0.311 e. The third-order valence-electron chi connectivity index (χ3n) is 12.2. The van der Waals surface area contributed by atoms with Gasteiger partial charge >= 0.3 is 0 Å². The third kappa shape index (κ3) is 7.61. The lowest BCUT2D eigenvalue weighted by atomic mass is 9.84. The molecule has 1 fully saturated rings. The average molecular weight is 773 g/mol. The van der Waals surface area contributed by atoms with E-state index in [0.717, 1.165) is 28.4 Å². The van der Waals surface area contributed by atoms with Crippen molar-refractivity contribution in [2.45, 2.75) is 38.0 Å². The van der Waals surface area contributed by atoms with Gasteiger partial charge in [-0.2, -0.15) is 0 Å². The monoisotopic (exact) mass is 772 g/mol. The molecule has 10 rings (SSSR count). The second-order valence-corrected chi connectivity index (χ2v) is 16.0. The predicted molar refractivity (Wildman–Crippen MR) is 255 cm³/mol. The summed E-state index contributed by atoms with van der Waals surface area (Å²) in [4.78, 5) is 4.77. The van der Waals surface area contributed by atoms with Gasteiger partial charge in [-0.25, -0.2) is 0 Å². The summed E-state index contributed by atoms with van der Waals surface area (Å²) in [6, 6.07) is 81.7. The third-order valence-corrected chi connectivity index (χ3v) is 12.2. The van der Waals surface area contributed by atoms with Crippen LogP contribution >= 0.6 is 0 Å².